The van der Waals surface area contributed by atoms with Gasteiger partial charge in [0.1, 0.15) is 10.8 Å². The molecule has 0 aliphatic rings. The van der Waals surface area contributed by atoms with Crippen LogP contribution in [0.4, 0.5) is 0 Å². The van der Waals surface area contributed by atoms with E-state index in [2.05, 4.69) is 15.3 Å². The zero-order chi connectivity index (χ0) is 16.1. The number of amides is 1. The first-order valence-electron chi connectivity index (χ1n) is 7.05. The van der Waals surface area contributed by atoms with E-state index in [-0.39, 0.29) is 5.91 Å². The molecule has 1 N–H and O–H groups in total. The Bertz CT molecular complexity index is 802. The van der Waals surface area contributed by atoms with E-state index in [1.54, 1.807) is 31.5 Å². The van der Waals surface area contributed by atoms with Gasteiger partial charge >= 0.3 is 0 Å². The molecule has 0 aliphatic carbocycles. The molecule has 6 heteroatoms. The van der Waals surface area contributed by atoms with E-state index in [1.807, 2.05) is 29.6 Å². The topological polar surface area (TPSA) is 64.1 Å². The van der Waals surface area contributed by atoms with Crippen molar-refractivity contribution in [1.29, 1.82) is 0 Å². The lowest BCUT2D eigenvalue weighted by Crippen LogP contribution is -2.23. The molecule has 1 amide bonds. The molecule has 0 atom stereocenters. The maximum absolute atomic E-state index is 12.2. The van der Waals surface area contributed by atoms with Gasteiger partial charge in [0.15, 0.2) is 0 Å². The summed E-state index contributed by atoms with van der Waals surface area (Å²) in [5.74, 6) is 0.371. The number of hydrogen-bond acceptors (Lipinski definition) is 5. The second-order valence-electron chi connectivity index (χ2n) is 4.72. The highest BCUT2D eigenvalue weighted by Gasteiger charge is 2.12. The van der Waals surface area contributed by atoms with Crippen LogP contribution in [0.15, 0.2) is 54.0 Å². The van der Waals surface area contributed by atoms with Gasteiger partial charge in [0.2, 0.25) is 0 Å². The van der Waals surface area contributed by atoms with E-state index >= 15 is 0 Å². The maximum atomic E-state index is 12.2. The number of para-hydroxylation sites is 1. The molecular formula is C17H15N3O2S. The van der Waals surface area contributed by atoms with Crippen LogP contribution in [-0.2, 0) is 6.54 Å². The van der Waals surface area contributed by atoms with Crippen LogP contribution in [0.2, 0.25) is 0 Å². The number of nitrogens with zero attached hydrogens (tertiary/aromatic N) is 2. The monoisotopic (exact) mass is 325 g/mol. The molecule has 0 unspecified atom stereocenters. The molecule has 0 saturated carbocycles. The summed E-state index contributed by atoms with van der Waals surface area (Å²) in [6, 6.07) is 12.8. The Labute approximate surface area is 138 Å². The fourth-order valence-corrected chi connectivity index (χ4v) is 2.84. The molecule has 0 bridgehead atoms. The van der Waals surface area contributed by atoms with Gasteiger partial charge in [-0.3, -0.25) is 9.78 Å². The summed E-state index contributed by atoms with van der Waals surface area (Å²) in [6.07, 6.45) is 1.73. The van der Waals surface area contributed by atoms with E-state index in [1.165, 1.54) is 11.3 Å². The lowest BCUT2D eigenvalue weighted by molar-refractivity contribution is 0.0948. The fourth-order valence-electron chi connectivity index (χ4n) is 2.11. The average Bonchev–Trinajstić information content (AvgIpc) is 3.09. The van der Waals surface area contributed by atoms with Crippen molar-refractivity contribution in [2.45, 2.75) is 6.54 Å². The van der Waals surface area contributed by atoms with E-state index < -0.39 is 0 Å². The molecule has 0 saturated heterocycles. The highest BCUT2D eigenvalue weighted by Crippen LogP contribution is 2.20. The summed E-state index contributed by atoms with van der Waals surface area (Å²) in [4.78, 5) is 21.0. The second-order valence-corrected chi connectivity index (χ2v) is 5.67. The van der Waals surface area contributed by atoms with Crippen molar-refractivity contribution in [3.63, 3.8) is 0 Å². The summed E-state index contributed by atoms with van der Waals surface area (Å²) in [6.45, 7) is 0.369. The average molecular weight is 325 g/mol. The van der Waals surface area contributed by atoms with Crippen molar-refractivity contribution in [2.75, 3.05) is 7.11 Å². The number of nitrogens with one attached hydrogen (secondary N) is 1. The molecule has 116 valence electrons. The number of aromatic nitrogens is 2. The minimum Gasteiger partial charge on any atom is -0.496 e. The van der Waals surface area contributed by atoms with Gasteiger partial charge in [0.05, 0.1) is 30.6 Å². The van der Waals surface area contributed by atoms with Gasteiger partial charge in [-0.1, -0.05) is 18.2 Å². The molecule has 23 heavy (non-hydrogen) atoms. The Morgan fingerprint density at radius 2 is 2.00 bits per heavy atom. The van der Waals surface area contributed by atoms with E-state index in [0.717, 1.165) is 16.4 Å². The van der Waals surface area contributed by atoms with Gasteiger partial charge in [-0.2, -0.15) is 0 Å². The molecule has 1 aromatic carbocycles. The number of carbonyl (C=O) groups is 1. The van der Waals surface area contributed by atoms with E-state index in [4.69, 9.17) is 4.74 Å². The minimum absolute atomic E-state index is 0.183. The predicted octanol–water partition coefficient (Wildman–Crippen LogP) is 3.14. The Hall–Kier alpha value is -2.73. The van der Waals surface area contributed by atoms with Gasteiger partial charge < -0.3 is 10.1 Å². The molecule has 0 spiro atoms. The maximum Gasteiger partial charge on any atom is 0.255 e. The zero-order valence-corrected chi connectivity index (χ0v) is 13.3. The number of carbonyl (C=O) groups excluding carboxylic acids is 1. The molecule has 5 nitrogen and oxygen atoms in total. The standard InChI is InChI=1S/C17H15N3O2S/c1-22-15-8-3-2-6-12(15)17(21)19-10-16-20-14(11-23-16)13-7-4-5-9-18-13/h2-9,11H,10H2,1H3,(H,19,21). The third kappa shape index (κ3) is 3.54. The Balaban J connectivity index is 1.67. The van der Waals surface area contributed by atoms with Crippen LogP contribution >= 0.6 is 11.3 Å². The molecule has 0 radical (unpaired) electrons. The molecule has 3 rings (SSSR count). The first-order valence-corrected chi connectivity index (χ1v) is 7.93. The summed E-state index contributed by atoms with van der Waals surface area (Å²) < 4.78 is 5.20. The Morgan fingerprint density at radius 3 is 2.78 bits per heavy atom. The first kappa shape index (κ1) is 15.2. The number of thiazole rings is 1. The minimum atomic E-state index is -0.183. The number of ether oxygens (including phenoxy) is 1. The Morgan fingerprint density at radius 1 is 1.17 bits per heavy atom. The molecule has 2 aromatic heterocycles. The van der Waals surface area contributed by atoms with Crippen LogP contribution in [0.1, 0.15) is 15.4 Å². The van der Waals surface area contributed by atoms with Crippen LogP contribution in [0.3, 0.4) is 0 Å². The number of pyridine rings is 1. The third-order valence-corrected chi connectivity index (χ3v) is 4.08. The highest BCUT2D eigenvalue weighted by molar-refractivity contribution is 7.09. The van der Waals surface area contributed by atoms with Crippen LogP contribution in [0.25, 0.3) is 11.4 Å². The molecule has 3 aromatic rings. The van der Waals surface area contributed by atoms with Crippen LogP contribution < -0.4 is 10.1 Å². The summed E-state index contributed by atoms with van der Waals surface area (Å²) in [7, 11) is 1.55. The molecule has 0 fully saturated rings. The van der Waals surface area contributed by atoms with E-state index in [9.17, 15) is 4.79 Å². The summed E-state index contributed by atoms with van der Waals surface area (Å²) >= 11 is 1.49. The van der Waals surface area contributed by atoms with Crippen LogP contribution in [0, 0.1) is 0 Å². The second kappa shape index (κ2) is 7.02. The highest BCUT2D eigenvalue weighted by atomic mass is 32.1. The smallest absolute Gasteiger partial charge is 0.255 e. The molecule has 0 aliphatic heterocycles. The van der Waals surface area contributed by atoms with E-state index in [0.29, 0.717) is 17.9 Å². The van der Waals surface area contributed by atoms with Crippen molar-refractivity contribution in [2.24, 2.45) is 0 Å². The number of rotatable bonds is 5. The van der Waals surface area contributed by atoms with Gasteiger partial charge in [-0.05, 0) is 24.3 Å². The van der Waals surface area contributed by atoms with Crippen molar-refractivity contribution >= 4 is 17.2 Å². The molecule has 2 heterocycles. The number of methoxy groups -OCH3 is 1. The SMILES string of the molecule is COc1ccccc1C(=O)NCc1nc(-c2ccccn2)cs1. The largest absolute Gasteiger partial charge is 0.496 e. The fraction of sp³-hybridized carbons (Fsp3) is 0.118. The quantitative estimate of drug-likeness (QED) is 0.783. The lowest BCUT2D eigenvalue weighted by Gasteiger charge is -2.07. The normalized spacial score (nSPS) is 10.3. The van der Waals surface area contributed by atoms with Gasteiger partial charge in [0.25, 0.3) is 5.91 Å². The third-order valence-electron chi connectivity index (χ3n) is 3.23. The van der Waals surface area contributed by atoms with Gasteiger partial charge in [-0.15, -0.1) is 11.3 Å². The van der Waals surface area contributed by atoms with Crippen LogP contribution in [-0.4, -0.2) is 23.0 Å². The lowest BCUT2D eigenvalue weighted by atomic mass is 10.2. The molecular weight excluding hydrogens is 310 g/mol. The van der Waals surface area contributed by atoms with Crippen molar-refractivity contribution < 1.29 is 9.53 Å². The number of benzene rings is 1. The summed E-state index contributed by atoms with van der Waals surface area (Å²) in [5, 5.41) is 5.63. The predicted molar refractivity (Wildman–Crippen MR) is 89.5 cm³/mol. The van der Waals surface area contributed by atoms with Gasteiger partial charge in [-0.25, -0.2) is 4.98 Å². The zero-order valence-electron chi connectivity index (χ0n) is 12.5. The number of hydrogen-bond donors (Lipinski definition) is 1. The van der Waals surface area contributed by atoms with Gasteiger partial charge in [0, 0.05) is 11.6 Å². The Kier molecular flexibility index (Phi) is 4.63. The van der Waals surface area contributed by atoms with Crippen molar-refractivity contribution in [3.05, 3.63) is 64.6 Å². The van der Waals surface area contributed by atoms with Crippen molar-refractivity contribution in [1.82, 2.24) is 15.3 Å². The van der Waals surface area contributed by atoms with Crippen LogP contribution in [0.5, 0.6) is 5.75 Å². The van der Waals surface area contributed by atoms with Crippen molar-refractivity contribution in [3.8, 4) is 17.1 Å². The first-order chi connectivity index (χ1) is 11.3. The summed E-state index contributed by atoms with van der Waals surface area (Å²) in [5.41, 5.74) is 2.15.